The maximum Gasteiger partial charge on any atom is 0.229 e. The van der Waals surface area contributed by atoms with E-state index in [0.29, 0.717) is 11.1 Å². The van der Waals surface area contributed by atoms with Crippen LogP contribution in [0.1, 0.15) is 35.8 Å². The Bertz CT molecular complexity index is 657. The van der Waals surface area contributed by atoms with E-state index in [2.05, 4.69) is 17.4 Å². The number of amides is 2. The van der Waals surface area contributed by atoms with Crippen LogP contribution in [0, 0.1) is 11.8 Å². The van der Waals surface area contributed by atoms with Gasteiger partial charge in [0.2, 0.25) is 11.8 Å². The smallest absolute Gasteiger partial charge is 0.229 e. The fourth-order valence-corrected chi connectivity index (χ4v) is 6.38. The van der Waals surface area contributed by atoms with Crippen LogP contribution in [-0.4, -0.2) is 41.3 Å². The number of hydrogen-bond acceptors (Lipinski definition) is 4. The van der Waals surface area contributed by atoms with E-state index in [1.807, 2.05) is 40.6 Å². The van der Waals surface area contributed by atoms with Gasteiger partial charge in [-0.15, -0.1) is 23.5 Å². The Labute approximate surface area is 157 Å². The zero-order chi connectivity index (χ0) is 17.2. The zero-order valence-corrected chi connectivity index (χ0v) is 15.9. The summed E-state index contributed by atoms with van der Waals surface area (Å²) in [4.78, 5) is 26.9. The van der Waals surface area contributed by atoms with Crippen LogP contribution in [0.5, 0.6) is 0 Å². The second-order valence-electron chi connectivity index (χ2n) is 7.09. The van der Waals surface area contributed by atoms with Gasteiger partial charge in [0, 0.05) is 36.2 Å². The normalized spacial score (nSPS) is 24.3. The molecule has 3 aliphatic rings. The third-order valence-electron chi connectivity index (χ3n) is 5.08. The second kappa shape index (κ2) is 7.62. The lowest BCUT2D eigenvalue weighted by molar-refractivity contribution is -0.135. The number of benzene rings is 1. The van der Waals surface area contributed by atoms with Crippen molar-refractivity contribution in [3.8, 4) is 0 Å². The number of hydrogen-bond donors (Lipinski definition) is 1. The number of nitrogens with one attached hydrogen (secondary N) is 1. The highest BCUT2D eigenvalue weighted by atomic mass is 32.2. The van der Waals surface area contributed by atoms with Crippen molar-refractivity contribution < 1.29 is 9.59 Å². The maximum absolute atomic E-state index is 12.7. The van der Waals surface area contributed by atoms with Crippen LogP contribution in [0.15, 0.2) is 24.3 Å². The number of piperidine rings is 1. The van der Waals surface area contributed by atoms with E-state index in [4.69, 9.17) is 0 Å². The molecule has 4 nitrogen and oxygen atoms in total. The van der Waals surface area contributed by atoms with E-state index in [1.54, 1.807) is 0 Å². The molecule has 2 heterocycles. The molecule has 0 bridgehead atoms. The van der Waals surface area contributed by atoms with Gasteiger partial charge in [0.25, 0.3) is 0 Å². The van der Waals surface area contributed by atoms with Crippen LogP contribution in [0.4, 0.5) is 5.69 Å². The minimum Gasteiger partial charge on any atom is -0.342 e. The molecule has 1 aliphatic carbocycles. The van der Waals surface area contributed by atoms with Crippen molar-refractivity contribution in [2.75, 3.05) is 29.9 Å². The Morgan fingerprint density at radius 1 is 1.08 bits per heavy atom. The summed E-state index contributed by atoms with van der Waals surface area (Å²) in [6, 6.07) is 8.22. The van der Waals surface area contributed by atoms with E-state index < -0.39 is 0 Å². The van der Waals surface area contributed by atoms with Gasteiger partial charge in [-0.2, -0.15) is 0 Å². The van der Waals surface area contributed by atoms with Crippen molar-refractivity contribution in [2.45, 2.75) is 30.3 Å². The van der Waals surface area contributed by atoms with E-state index in [0.717, 1.165) is 37.9 Å². The molecule has 1 aromatic rings. The third-order valence-corrected chi connectivity index (χ3v) is 8.18. The second-order valence-corrected chi connectivity index (χ2v) is 9.81. The van der Waals surface area contributed by atoms with Gasteiger partial charge in [0.15, 0.2) is 0 Å². The molecule has 0 aromatic heterocycles. The van der Waals surface area contributed by atoms with Crippen molar-refractivity contribution in [3.05, 3.63) is 29.8 Å². The maximum atomic E-state index is 12.7. The fraction of sp³-hybridized carbons (Fsp3) is 0.579. The van der Waals surface area contributed by atoms with E-state index in [9.17, 15) is 9.59 Å². The molecule has 0 spiro atoms. The lowest BCUT2D eigenvalue weighted by Gasteiger charge is -2.32. The molecule has 1 N–H and O–H groups in total. The van der Waals surface area contributed by atoms with Crippen LogP contribution in [0.2, 0.25) is 0 Å². The van der Waals surface area contributed by atoms with Gasteiger partial charge < -0.3 is 10.2 Å². The van der Waals surface area contributed by atoms with Crippen molar-refractivity contribution in [1.82, 2.24) is 4.90 Å². The molecule has 6 heteroatoms. The summed E-state index contributed by atoms with van der Waals surface area (Å²) in [6.45, 7) is 1.39. The first-order valence-electron chi connectivity index (χ1n) is 9.13. The molecule has 1 saturated carbocycles. The molecule has 134 valence electrons. The molecular weight excluding hydrogens is 352 g/mol. The summed E-state index contributed by atoms with van der Waals surface area (Å²) < 4.78 is 0.484. The van der Waals surface area contributed by atoms with Gasteiger partial charge in [-0.05, 0) is 43.4 Å². The van der Waals surface area contributed by atoms with Crippen molar-refractivity contribution in [2.24, 2.45) is 11.8 Å². The Morgan fingerprint density at radius 3 is 2.64 bits per heavy atom. The topological polar surface area (TPSA) is 49.4 Å². The fourth-order valence-electron chi connectivity index (χ4n) is 3.54. The molecule has 0 radical (unpaired) electrons. The number of likely N-dealkylation sites (tertiary alicyclic amines) is 1. The number of carbonyl (C=O) groups is 2. The van der Waals surface area contributed by atoms with Crippen molar-refractivity contribution in [1.29, 1.82) is 0 Å². The summed E-state index contributed by atoms with van der Waals surface area (Å²) in [6.07, 6.45) is 3.84. The van der Waals surface area contributed by atoms with Gasteiger partial charge >= 0.3 is 0 Å². The molecule has 1 aromatic carbocycles. The highest BCUT2D eigenvalue weighted by Gasteiger charge is 2.36. The molecule has 2 saturated heterocycles. The predicted octanol–water partition coefficient (Wildman–Crippen LogP) is 3.75. The average Bonchev–Trinajstić information content (AvgIpc) is 3.35. The van der Waals surface area contributed by atoms with Crippen LogP contribution in [0.3, 0.4) is 0 Å². The minimum atomic E-state index is -0.0877. The van der Waals surface area contributed by atoms with Gasteiger partial charge in [-0.3, -0.25) is 9.59 Å². The molecule has 4 rings (SSSR count). The first kappa shape index (κ1) is 17.3. The largest absolute Gasteiger partial charge is 0.342 e. The molecule has 0 unspecified atom stereocenters. The first-order chi connectivity index (χ1) is 12.2. The summed E-state index contributed by atoms with van der Waals surface area (Å²) in [7, 11) is 0. The van der Waals surface area contributed by atoms with E-state index in [-0.39, 0.29) is 23.7 Å². The van der Waals surface area contributed by atoms with Gasteiger partial charge in [0.1, 0.15) is 0 Å². The molecule has 2 aliphatic heterocycles. The summed E-state index contributed by atoms with van der Waals surface area (Å²) in [5, 5.41) is 3.08. The van der Waals surface area contributed by atoms with Gasteiger partial charge in [-0.1, -0.05) is 12.1 Å². The number of rotatable bonds is 4. The van der Waals surface area contributed by atoms with Gasteiger partial charge in [-0.25, -0.2) is 0 Å². The number of anilines is 1. The lowest BCUT2D eigenvalue weighted by atomic mass is 9.96. The summed E-state index contributed by atoms with van der Waals surface area (Å²) in [5.74, 6) is 2.85. The number of thioether (sulfide) groups is 2. The van der Waals surface area contributed by atoms with Crippen molar-refractivity contribution in [3.63, 3.8) is 0 Å². The van der Waals surface area contributed by atoms with Crippen LogP contribution >= 0.6 is 23.5 Å². The molecule has 2 amide bonds. The van der Waals surface area contributed by atoms with E-state index in [1.165, 1.54) is 17.1 Å². The van der Waals surface area contributed by atoms with Crippen LogP contribution < -0.4 is 5.32 Å². The minimum absolute atomic E-state index is 0.0529. The zero-order valence-electron chi connectivity index (χ0n) is 14.3. The molecule has 1 atom stereocenters. The highest BCUT2D eigenvalue weighted by molar-refractivity contribution is 8.19. The highest BCUT2D eigenvalue weighted by Crippen LogP contribution is 2.45. The summed E-state index contributed by atoms with van der Waals surface area (Å²) >= 11 is 3.94. The standard InChI is InChI=1S/C19H24N2O2S2/c22-17(15-4-2-8-21(12-15)18(23)13-6-7-13)20-16-5-1-3-14(11-16)19-24-9-10-25-19/h1,3,5,11,13,15,19H,2,4,6-10,12H2,(H,20,22)/t15-/m0/s1. The Kier molecular flexibility index (Phi) is 5.27. The Morgan fingerprint density at radius 2 is 1.88 bits per heavy atom. The predicted molar refractivity (Wildman–Crippen MR) is 105 cm³/mol. The third kappa shape index (κ3) is 4.17. The number of nitrogens with zero attached hydrogens (tertiary/aromatic N) is 1. The quantitative estimate of drug-likeness (QED) is 0.869. The Balaban J connectivity index is 1.37. The van der Waals surface area contributed by atoms with Crippen LogP contribution in [-0.2, 0) is 9.59 Å². The monoisotopic (exact) mass is 376 g/mol. The molecule has 3 fully saturated rings. The van der Waals surface area contributed by atoms with Crippen LogP contribution in [0.25, 0.3) is 0 Å². The average molecular weight is 377 g/mol. The van der Waals surface area contributed by atoms with Gasteiger partial charge in [0.05, 0.1) is 10.5 Å². The molecule has 25 heavy (non-hydrogen) atoms. The SMILES string of the molecule is O=C(Nc1cccc(C2SCCS2)c1)[C@H]1CCCN(C(=O)C2CC2)C1. The Hall–Kier alpha value is -1.14. The lowest BCUT2D eigenvalue weighted by Crippen LogP contribution is -2.44. The summed E-state index contributed by atoms with van der Waals surface area (Å²) in [5.41, 5.74) is 2.15. The number of carbonyl (C=O) groups excluding carboxylic acids is 2. The molecular formula is C19H24N2O2S2. The van der Waals surface area contributed by atoms with Crippen molar-refractivity contribution >= 4 is 41.0 Å². The van der Waals surface area contributed by atoms with E-state index >= 15 is 0 Å². The first-order valence-corrected chi connectivity index (χ1v) is 11.2.